The van der Waals surface area contributed by atoms with E-state index in [0.29, 0.717) is 13.1 Å². The summed E-state index contributed by atoms with van der Waals surface area (Å²) in [7, 11) is 13.7. The van der Waals surface area contributed by atoms with Crippen LogP contribution in [0.2, 0.25) is 0 Å². The average molecular weight is 477 g/mol. The second kappa shape index (κ2) is 9.43. The summed E-state index contributed by atoms with van der Waals surface area (Å²) >= 11 is 4.27. The molecule has 0 atom stereocenters. The van der Waals surface area contributed by atoms with Gasteiger partial charge in [0.2, 0.25) is 0 Å². The van der Waals surface area contributed by atoms with Crippen molar-refractivity contribution in [1.29, 1.82) is 0 Å². The van der Waals surface area contributed by atoms with Crippen molar-refractivity contribution < 1.29 is 0 Å². The van der Waals surface area contributed by atoms with Crippen LogP contribution in [0.25, 0.3) is 27.6 Å². The summed E-state index contributed by atoms with van der Waals surface area (Å²) in [6.45, 7) is 7.19. The van der Waals surface area contributed by atoms with Crippen molar-refractivity contribution in [3.05, 3.63) is 73.3 Å². The largest absolute Gasteiger partial charge is 0.354 e. The first-order valence-corrected chi connectivity index (χ1v) is 11.8. The van der Waals surface area contributed by atoms with Crippen LogP contribution in [0, 0.1) is 0 Å². The number of nitrogens with one attached hydrogen (secondary N) is 1. The van der Waals surface area contributed by atoms with E-state index in [4.69, 9.17) is 15.7 Å². The molecule has 35 heavy (non-hydrogen) atoms. The lowest BCUT2D eigenvalue weighted by Crippen LogP contribution is -2.55. The zero-order valence-corrected chi connectivity index (χ0v) is 20.5. The van der Waals surface area contributed by atoms with E-state index in [1.54, 1.807) is 10.9 Å². The Hall–Kier alpha value is -3.23. The number of fused-ring (bicyclic) bond motifs is 1. The second-order valence-corrected chi connectivity index (χ2v) is 9.51. The van der Waals surface area contributed by atoms with Gasteiger partial charge in [-0.3, -0.25) is 4.68 Å². The minimum absolute atomic E-state index is 0.712. The van der Waals surface area contributed by atoms with Crippen LogP contribution < -0.4 is 10.2 Å². The first-order valence-electron chi connectivity index (χ1n) is 11.4. The molecule has 7 nitrogen and oxygen atoms in total. The molecule has 0 spiro atoms. The summed E-state index contributed by atoms with van der Waals surface area (Å²) in [6, 6.07) is 12.3. The maximum absolute atomic E-state index is 5.91. The molecule has 5 rings (SSSR count). The molecule has 1 aliphatic heterocycles. The summed E-state index contributed by atoms with van der Waals surface area (Å²) in [5.74, 6) is 1.62. The standard InChI is InChI=1S/C25H25B2N7S/c1-17(18-5-6-28-24(13-18)33-7-9-34(10-8-33)25(26,27)35)31-23-12-21-11-19(3-4-20(21)14-29-23)22-15-30-32(2)16-22/h3-6,11-16,35H,1,7-10H2,2H3,(H,29,31). The van der Waals surface area contributed by atoms with Gasteiger partial charge in [0.15, 0.2) is 0 Å². The lowest BCUT2D eigenvalue weighted by molar-refractivity contribution is 0.262. The van der Waals surface area contributed by atoms with Crippen LogP contribution in [0.5, 0.6) is 0 Å². The van der Waals surface area contributed by atoms with E-state index in [-0.39, 0.29) is 0 Å². The summed E-state index contributed by atoms with van der Waals surface area (Å²) in [4.78, 5) is 13.3. The van der Waals surface area contributed by atoms with Gasteiger partial charge in [-0.15, -0.1) is 0 Å². The number of nitrogens with zero attached hydrogens (tertiary/aromatic N) is 6. The van der Waals surface area contributed by atoms with Gasteiger partial charge in [-0.2, -0.15) is 17.7 Å². The zero-order valence-electron chi connectivity index (χ0n) is 19.6. The third kappa shape index (κ3) is 5.23. The molecule has 10 heteroatoms. The van der Waals surface area contributed by atoms with Crippen LogP contribution >= 0.6 is 12.6 Å². The number of thiol groups is 1. The quantitative estimate of drug-likeness (QED) is 0.329. The highest BCUT2D eigenvalue weighted by molar-refractivity contribution is 7.84. The van der Waals surface area contributed by atoms with Crippen LogP contribution in [0.15, 0.2) is 67.8 Å². The molecule has 1 N–H and O–H groups in total. The fraction of sp³-hybridized carbons (Fsp3) is 0.240. The normalized spacial score (nSPS) is 14.9. The third-order valence-corrected chi connectivity index (χ3v) is 6.53. The second-order valence-electron chi connectivity index (χ2n) is 8.80. The molecule has 172 valence electrons. The molecule has 4 radical (unpaired) electrons. The molecule has 3 aromatic heterocycles. The molecule has 0 bridgehead atoms. The predicted molar refractivity (Wildman–Crippen MR) is 148 cm³/mol. The lowest BCUT2D eigenvalue weighted by Gasteiger charge is -2.42. The Labute approximate surface area is 213 Å². The SMILES string of the molecule is [B]C([B])(S)N1CCN(c2cc(C(=C)Nc3cc4cc(-c5cnn(C)c5)ccc4cn3)ccn2)CC1. The molecule has 1 aliphatic rings. The third-order valence-electron chi connectivity index (χ3n) is 6.24. The van der Waals surface area contributed by atoms with Crippen LogP contribution in [-0.2, 0) is 7.05 Å². The van der Waals surface area contributed by atoms with Gasteiger partial charge < -0.3 is 15.1 Å². The number of aromatic nitrogens is 4. The summed E-state index contributed by atoms with van der Waals surface area (Å²) < 4.78 is 0.696. The van der Waals surface area contributed by atoms with E-state index in [1.165, 1.54) is 0 Å². The van der Waals surface area contributed by atoms with Crippen molar-refractivity contribution in [2.75, 3.05) is 36.4 Å². The van der Waals surface area contributed by atoms with Gasteiger partial charge in [-0.05, 0) is 39.9 Å². The highest BCUT2D eigenvalue weighted by Crippen LogP contribution is 2.27. The lowest BCUT2D eigenvalue weighted by atomic mass is 9.75. The van der Waals surface area contributed by atoms with E-state index < -0.39 is 4.67 Å². The highest BCUT2D eigenvalue weighted by Gasteiger charge is 2.26. The van der Waals surface area contributed by atoms with Gasteiger partial charge in [-0.25, -0.2) is 9.97 Å². The van der Waals surface area contributed by atoms with Gasteiger partial charge in [-0.1, -0.05) is 18.7 Å². The number of piperazine rings is 1. The van der Waals surface area contributed by atoms with Gasteiger partial charge in [0.25, 0.3) is 0 Å². The van der Waals surface area contributed by atoms with E-state index in [2.05, 4.69) is 62.7 Å². The van der Waals surface area contributed by atoms with Crippen LogP contribution in [0.3, 0.4) is 0 Å². The molecule has 0 unspecified atom stereocenters. The predicted octanol–water partition coefficient (Wildman–Crippen LogP) is 3.11. The summed E-state index contributed by atoms with van der Waals surface area (Å²) in [5.41, 5.74) is 3.89. The smallest absolute Gasteiger partial charge is 0.130 e. The first-order chi connectivity index (χ1) is 16.8. The number of hydrogen-bond acceptors (Lipinski definition) is 7. The molecule has 0 saturated carbocycles. The van der Waals surface area contributed by atoms with Crippen LogP contribution in [0.4, 0.5) is 11.6 Å². The molecule has 4 heterocycles. The summed E-state index contributed by atoms with van der Waals surface area (Å²) in [6.07, 6.45) is 7.54. The minimum Gasteiger partial charge on any atom is -0.354 e. The van der Waals surface area contributed by atoms with Crippen molar-refractivity contribution >= 4 is 56.4 Å². The molecule has 1 saturated heterocycles. The average Bonchev–Trinajstić information content (AvgIpc) is 3.29. The molecule has 1 aromatic carbocycles. The zero-order chi connectivity index (χ0) is 24.6. The number of benzene rings is 1. The first kappa shape index (κ1) is 23.5. The van der Waals surface area contributed by atoms with E-state index in [0.717, 1.165) is 57.9 Å². The monoisotopic (exact) mass is 477 g/mol. The number of rotatable bonds is 6. The minimum atomic E-state index is -1.11. The molecule has 4 aromatic rings. The van der Waals surface area contributed by atoms with Gasteiger partial charge in [0.1, 0.15) is 11.6 Å². The number of hydrogen-bond donors (Lipinski definition) is 2. The Morgan fingerprint density at radius 1 is 1.00 bits per heavy atom. The topological polar surface area (TPSA) is 62.1 Å². The number of aryl methyl sites for hydroxylation is 1. The van der Waals surface area contributed by atoms with Gasteiger partial charge in [0, 0.05) is 74.0 Å². The molecule has 0 aliphatic carbocycles. The van der Waals surface area contributed by atoms with Crippen molar-refractivity contribution in [2.45, 2.75) is 4.67 Å². The van der Waals surface area contributed by atoms with Crippen LogP contribution in [0.1, 0.15) is 5.56 Å². The molecule has 1 fully saturated rings. The Bertz CT molecular complexity index is 1370. The van der Waals surface area contributed by atoms with E-state index in [1.807, 2.05) is 48.7 Å². The molecular formula is C25H25B2N7S. The fourth-order valence-electron chi connectivity index (χ4n) is 4.26. The van der Waals surface area contributed by atoms with Crippen molar-refractivity contribution in [2.24, 2.45) is 7.05 Å². The van der Waals surface area contributed by atoms with Crippen molar-refractivity contribution in [1.82, 2.24) is 24.6 Å². The maximum Gasteiger partial charge on any atom is 0.130 e. The number of pyridine rings is 2. The summed E-state index contributed by atoms with van der Waals surface area (Å²) in [5, 5.41) is 9.78. The Balaban J connectivity index is 1.31. The van der Waals surface area contributed by atoms with E-state index in [9.17, 15) is 0 Å². The highest BCUT2D eigenvalue weighted by atomic mass is 32.1. The Kier molecular flexibility index (Phi) is 6.34. The Morgan fingerprint density at radius 2 is 1.80 bits per heavy atom. The van der Waals surface area contributed by atoms with Gasteiger partial charge >= 0.3 is 0 Å². The van der Waals surface area contributed by atoms with E-state index >= 15 is 0 Å². The molecular weight excluding hydrogens is 452 g/mol. The number of anilines is 2. The molecule has 0 amide bonds. The fourth-order valence-corrected chi connectivity index (χ4v) is 4.46. The maximum atomic E-state index is 5.91. The van der Waals surface area contributed by atoms with Gasteiger partial charge in [0.05, 0.1) is 21.9 Å². The van der Waals surface area contributed by atoms with Crippen molar-refractivity contribution in [3.63, 3.8) is 0 Å². The van der Waals surface area contributed by atoms with Crippen LogP contribution in [-0.4, -0.2) is 71.2 Å². The Morgan fingerprint density at radius 3 is 2.51 bits per heavy atom. The van der Waals surface area contributed by atoms with Crippen molar-refractivity contribution in [3.8, 4) is 11.1 Å².